The molecule has 1 fully saturated rings. The van der Waals surface area contributed by atoms with Gasteiger partial charge < -0.3 is 10.5 Å². The van der Waals surface area contributed by atoms with Crippen LogP contribution in [0.3, 0.4) is 0 Å². The Bertz CT molecular complexity index is 505. The fourth-order valence-corrected chi connectivity index (χ4v) is 2.48. The van der Waals surface area contributed by atoms with E-state index in [2.05, 4.69) is 0 Å². The van der Waals surface area contributed by atoms with Gasteiger partial charge in [0.2, 0.25) is 0 Å². The number of nitrogen functional groups attached to an aromatic ring is 1. The van der Waals surface area contributed by atoms with Crippen molar-refractivity contribution in [3.63, 3.8) is 0 Å². The predicted octanol–water partition coefficient (Wildman–Crippen LogP) is 2.33. The molecule has 18 heavy (non-hydrogen) atoms. The van der Waals surface area contributed by atoms with Crippen molar-refractivity contribution in [3.05, 3.63) is 34.4 Å². The SMILES string of the molecule is COC(=O)c1ccc(C2CCC2)c(C(=N)N)c1C. The average Bonchev–Trinajstić information content (AvgIpc) is 2.25. The van der Waals surface area contributed by atoms with Gasteiger partial charge in [-0.15, -0.1) is 0 Å². The molecular formula is C14H18N2O2. The summed E-state index contributed by atoms with van der Waals surface area (Å²) in [6.07, 6.45) is 3.49. The summed E-state index contributed by atoms with van der Waals surface area (Å²) in [6, 6.07) is 3.70. The smallest absolute Gasteiger partial charge is 0.338 e. The zero-order valence-electron chi connectivity index (χ0n) is 10.7. The lowest BCUT2D eigenvalue weighted by atomic mass is 9.76. The van der Waals surface area contributed by atoms with Gasteiger partial charge in [0, 0.05) is 5.56 Å². The number of methoxy groups -OCH3 is 1. The largest absolute Gasteiger partial charge is 0.465 e. The Balaban J connectivity index is 2.54. The van der Waals surface area contributed by atoms with Crippen LogP contribution in [-0.2, 0) is 4.74 Å². The highest BCUT2D eigenvalue weighted by Crippen LogP contribution is 2.39. The lowest BCUT2D eigenvalue weighted by Crippen LogP contribution is -2.22. The van der Waals surface area contributed by atoms with Crippen LogP contribution >= 0.6 is 0 Å². The fourth-order valence-electron chi connectivity index (χ4n) is 2.48. The molecule has 1 saturated carbocycles. The second-order valence-electron chi connectivity index (χ2n) is 4.74. The van der Waals surface area contributed by atoms with E-state index in [0.29, 0.717) is 17.0 Å². The van der Waals surface area contributed by atoms with Crippen molar-refractivity contribution in [2.75, 3.05) is 7.11 Å². The Kier molecular flexibility index (Phi) is 3.36. The molecule has 0 bridgehead atoms. The molecule has 0 spiro atoms. The summed E-state index contributed by atoms with van der Waals surface area (Å²) in [6.45, 7) is 1.82. The normalized spacial score (nSPS) is 15.0. The van der Waals surface area contributed by atoms with E-state index in [9.17, 15) is 4.79 Å². The van der Waals surface area contributed by atoms with Gasteiger partial charge in [-0.3, -0.25) is 5.41 Å². The Morgan fingerprint density at radius 1 is 1.44 bits per heavy atom. The summed E-state index contributed by atoms with van der Waals surface area (Å²) in [7, 11) is 1.36. The second-order valence-corrected chi connectivity index (χ2v) is 4.74. The Hall–Kier alpha value is -1.84. The zero-order chi connectivity index (χ0) is 13.3. The number of carbonyl (C=O) groups excluding carboxylic acids is 1. The van der Waals surface area contributed by atoms with Crippen molar-refractivity contribution in [1.29, 1.82) is 5.41 Å². The number of hydrogen-bond acceptors (Lipinski definition) is 3. The lowest BCUT2D eigenvalue weighted by molar-refractivity contribution is 0.0600. The van der Waals surface area contributed by atoms with Crippen LogP contribution in [-0.4, -0.2) is 18.9 Å². The molecule has 0 unspecified atom stereocenters. The van der Waals surface area contributed by atoms with Crippen molar-refractivity contribution >= 4 is 11.8 Å². The van der Waals surface area contributed by atoms with Crippen molar-refractivity contribution in [1.82, 2.24) is 0 Å². The van der Waals surface area contributed by atoms with Crippen LogP contribution in [0.2, 0.25) is 0 Å². The maximum atomic E-state index is 11.6. The van der Waals surface area contributed by atoms with Gasteiger partial charge in [0.05, 0.1) is 12.7 Å². The first kappa shape index (κ1) is 12.6. The first-order chi connectivity index (χ1) is 8.56. The molecule has 1 aromatic rings. The van der Waals surface area contributed by atoms with E-state index in [0.717, 1.165) is 24.0 Å². The number of rotatable bonds is 3. The van der Waals surface area contributed by atoms with Gasteiger partial charge in [0.1, 0.15) is 5.84 Å². The summed E-state index contributed by atoms with van der Waals surface area (Å²) < 4.78 is 4.74. The minimum Gasteiger partial charge on any atom is -0.465 e. The van der Waals surface area contributed by atoms with Crippen LogP contribution in [0, 0.1) is 12.3 Å². The molecule has 0 amide bonds. The highest BCUT2D eigenvalue weighted by atomic mass is 16.5. The third kappa shape index (κ3) is 1.98. The first-order valence-corrected chi connectivity index (χ1v) is 6.12. The highest BCUT2D eigenvalue weighted by Gasteiger charge is 2.26. The second kappa shape index (κ2) is 4.80. The molecular weight excluding hydrogens is 228 g/mol. The fraction of sp³-hybridized carbons (Fsp3) is 0.429. The van der Waals surface area contributed by atoms with Crippen molar-refractivity contribution in [3.8, 4) is 0 Å². The van der Waals surface area contributed by atoms with Gasteiger partial charge in [0.15, 0.2) is 0 Å². The van der Waals surface area contributed by atoms with E-state index < -0.39 is 0 Å². The molecule has 0 atom stereocenters. The van der Waals surface area contributed by atoms with Gasteiger partial charge in [-0.2, -0.15) is 0 Å². The summed E-state index contributed by atoms with van der Waals surface area (Å²) in [5.74, 6) is 0.129. The highest BCUT2D eigenvalue weighted by molar-refractivity contribution is 6.02. The molecule has 4 heteroatoms. The van der Waals surface area contributed by atoms with Gasteiger partial charge in [-0.25, -0.2) is 4.79 Å². The van der Waals surface area contributed by atoms with E-state index in [4.69, 9.17) is 15.9 Å². The number of esters is 1. The summed E-state index contributed by atoms with van der Waals surface area (Å²) in [5.41, 5.74) is 8.72. The van der Waals surface area contributed by atoms with Crippen LogP contribution in [0.5, 0.6) is 0 Å². The predicted molar refractivity (Wildman–Crippen MR) is 70.1 cm³/mol. The van der Waals surface area contributed by atoms with Crippen molar-refractivity contribution in [2.24, 2.45) is 5.73 Å². The molecule has 1 aliphatic carbocycles. The number of amidine groups is 1. The van der Waals surface area contributed by atoms with Gasteiger partial charge in [-0.05, 0) is 42.9 Å². The number of benzene rings is 1. The molecule has 0 aromatic heterocycles. The third-order valence-electron chi connectivity index (χ3n) is 3.72. The summed E-state index contributed by atoms with van der Waals surface area (Å²) in [4.78, 5) is 11.6. The number of carbonyl (C=O) groups is 1. The van der Waals surface area contributed by atoms with Gasteiger partial charge in [0.25, 0.3) is 0 Å². The standard InChI is InChI=1S/C14H18N2O2/c1-8-10(14(17)18-2)6-7-11(9-4-3-5-9)12(8)13(15)16/h6-7,9H,3-5H2,1-2H3,(H3,15,16). The molecule has 0 radical (unpaired) electrons. The Morgan fingerprint density at radius 3 is 2.56 bits per heavy atom. The monoisotopic (exact) mass is 246 g/mol. The van der Waals surface area contributed by atoms with Crippen LogP contribution in [0.25, 0.3) is 0 Å². The first-order valence-electron chi connectivity index (χ1n) is 6.12. The maximum Gasteiger partial charge on any atom is 0.338 e. The topological polar surface area (TPSA) is 76.2 Å². The van der Waals surface area contributed by atoms with Crippen LogP contribution in [0.4, 0.5) is 0 Å². The molecule has 0 aliphatic heterocycles. The van der Waals surface area contributed by atoms with E-state index >= 15 is 0 Å². The van der Waals surface area contributed by atoms with E-state index in [1.807, 2.05) is 13.0 Å². The third-order valence-corrected chi connectivity index (χ3v) is 3.72. The van der Waals surface area contributed by atoms with E-state index in [1.54, 1.807) is 6.07 Å². The van der Waals surface area contributed by atoms with Crippen LogP contribution < -0.4 is 5.73 Å². The molecule has 1 aliphatic rings. The summed E-state index contributed by atoms with van der Waals surface area (Å²) in [5, 5.41) is 7.73. The molecule has 4 nitrogen and oxygen atoms in total. The van der Waals surface area contributed by atoms with Crippen molar-refractivity contribution < 1.29 is 9.53 Å². The molecule has 0 saturated heterocycles. The maximum absolute atomic E-state index is 11.6. The molecule has 96 valence electrons. The minimum absolute atomic E-state index is 0.0279. The van der Waals surface area contributed by atoms with E-state index in [1.165, 1.54) is 13.5 Å². The number of nitrogens with two attached hydrogens (primary N) is 1. The van der Waals surface area contributed by atoms with Gasteiger partial charge in [-0.1, -0.05) is 12.5 Å². The molecule has 0 heterocycles. The quantitative estimate of drug-likeness (QED) is 0.488. The molecule has 1 aromatic carbocycles. The van der Waals surface area contributed by atoms with Gasteiger partial charge >= 0.3 is 5.97 Å². The van der Waals surface area contributed by atoms with E-state index in [-0.39, 0.29) is 11.8 Å². The lowest BCUT2D eigenvalue weighted by Gasteiger charge is -2.29. The number of nitrogens with one attached hydrogen (secondary N) is 1. The Labute approximate surface area is 107 Å². The molecule has 2 rings (SSSR count). The average molecular weight is 246 g/mol. The minimum atomic E-state index is -0.379. The number of ether oxygens (including phenoxy) is 1. The summed E-state index contributed by atoms with van der Waals surface area (Å²) >= 11 is 0. The number of hydrogen-bond donors (Lipinski definition) is 2. The van der Waals surface area contributed by atoms with Crippen LogP contribution in [0.15, 0.2) is 12.1 Å². The zero-order valence-corrected chi connectivity index (χ0v) is 10.7. The van der Waals surface area contributed by atoms with Crippen LogP contribution in [0.1, 0.15) is 52.2 Å². The van der Waals surface area contributed by atoms with Crippen molar-refractivity contribution in [2.45, 2.75) is 32.1 Å². The molecule has 3 N–H and O–H groups in total. The Morgan fingerprint density at radius 2 is 2.11 bits per heavy atom.